The lowest BCUT2D eigenvalue weighted by molar-refractivity contribution is 0.354. The maximum absolute atomic E-state index is 4.88. The Labute approximate surface area is 42.3 Å². The first-order chi connectivity index (χ1) is 3.00. The lowest BCUT2D eigenvalue weighted by Gasteiger charge is -2.05. The summed E-state index contributed by atoms with van der Waals surface area (Å²) in [5.41, 5.74) is 0. The van der Waals surface area contributed by atoms with Gasteiger partial charge in [-0.2, -0.15) is 0 Å². The second kappa shape index (κ2) is 2.48. The standard InChI is InChI=1S/C4H6OS/c1-2-4-6-5-3-1/h1-3H2. The van der Waals surface area contributed by atoms with E-state index in [0.29, 0.717) is 0 Å². The van der Waals surface area contributed by atoms with E-state index in [1.165, 1.54) is 12.0 Å². The molecule has 1 nitrogen and oxygen atoms in total. The Bertz CT molecular complexity index is 23.0. The Hall–Kier alpha value is 0.310. The molecule has 1 aliphatic rings. The van der Waals surface area contributed by atoms with Gasteiger partial charge in [0.25, 0.3) is 0 Å². The molecule has 0 atom stereocenters. The average Bonchev–Trinajstić information content (AvgIpc) is 1.72. The zero-order valence-electron chi connectivity index (χ0n) is 3.44. The van der Waals surface area contributed by atoms with Gasteiger partial charge in [-0.15, -0.1) is 0 Å². The van der Waals surface area contributed by atoms with Crippen LogP contribution in [0.4, 0.5) is 0 Å². The van der Waals surface area contributed by atoms with Gasteiger partial charge in [0.05, 0.1) is 12.4 Å². The predicted octanol–water partition coefficient (Wildman–Crippen LogP) is 1.48. The highest BCUT2D eigenvalue weighted by Crippen LogP contribution is 2.17. The summed E-state index contributed by atoms with van der Waals surface area (Å²) in [4.78, 5) is 0. The molecule has 0 aromatic heterocycles. The fraction of sp³-hybridized carbons (Fsp3) is 0.750. The fourth-order valence-corrected chi connectivity index (χ4v) is 0.840. The third-order valence-corrected chi connectivity index (χ3v) is 1.23. The highest BCUT2D eigenvalue weighted by atomic mass is 32.2. The molecule has 0 amide bonds. The van der Waals surface area contributed by atoms with Crippen molar-refractivity contribution in [3.63, 3.8) is 0 Å². The van der Waals surface area contributed by atoms with E-state index in [1.807, 2.05) is 0 Å². The summed E-state index contributed by atoms with van der Waals surface area (Å²) in [6, 6.07) is 0. The molecular formula is C4H6OS. The largest absolute Gasteiger partial charge is 0.315 e. The minimum absolute atomic E-state index is 0.900. The molecule has 0 saturated carbocycles. The Morgan fingerprint density at radius 3 is 2.83 bits per heavy atom. The van der Waals surface area contributed by atoms with Crippen LogP contribution in [0.2, 0.25) is 0 Å². The fourth-order valence-electron chi connectivity index (χ4n) is 0.328. The predicted molar refractivity (Wildman–Crippen MR) is 26.0 cm³/mol. The van der Waals surface area contributed by atoms with E-state index >= 15 is 0 Å². The normalized spacial score (nSPS) is 24.0. The molecule has 0 unspecified atom stereocenters. The molecule has 6 heavy (non-hydrogen) atoms. The van der Waals surface area contributed by atoms with Crippen LogP contribution in [0, 0.1) is 5.75 Å². The third-order valence-electron chi connectivity index (χ3n) is 0.624. The Morgan fingerprint density at radius 1 is 1.67 bits per heavy atom. The molecule has 1 fully saturated rings. The quantitative estimate of drug-likeness (QED) is 0.428. The molecule has 1 rings (SSSR count). The molecular weight excluding hydrogens is 96.1 g/mol. The van der Waals surface area contributed by atoms with E-state index in [4.69, 9.17) is 4.18 Å². The minimum atomic E-state index is 0.900. The summed E-state index contributed by atoms with van der Waals surface area (Å²) in [5.74, 6) is 2.98. The van der Waals surface area contributed by atoms with Crippen LogP contribution >= 0.6 is 12.0 Å². The Kier molecular flexibility index (Phi) is 1.85. The Balaban J connectivity index is 2.00. The summed E-state index contributed by atoms with van der Waals surface area (Å²) in [5, 5.41) is 0. The number of rotatable bonds is 0. The topological polar surface area (TPSA) is 9.23 Å². The van der Waals surface area contributed by atoms with Crippen LogP contribution in [0.1, 0.15) is 12.8 Å². The van der Waals surface area contributed by atoms with E-state index in [-0.39, 0.29) is 0 Å². The van der Waals surface area contributed by atoms with Crippen LogP contribution in [0.25, 0.3) is 0 Å². The highest BCUT2D eigenvalue weighted by Gasteiger charge is 1.97. The van der Waals surface area contributed by atoms with Gasteiger partial charge in [-0.1, -0.05) is 0 Å². The highest BCUT2D eigenvalue weighted by molar-refractivity contribution is 7.96. The lowest BCUT2D eigenvalue weighted by Crippen LogP contribution is -1.91. The molecule has 1 heterocycles. The van der Waals surface area contributed by atoms with Crippen molar-refractivity contribution < 1.29 is 4.18 Å². The van der Waals surface area contributed by atoms with Gasteiger partial charge in [-0.25, -0.2) is 0 Å². The monoisotopic (exact) mass is 102 g/mol. The van der Waals surface area contributed by atoms with Gasteiger partial charge in [-0.3, -0.25) is 0 Å². The minimum Gasteiger partial charge on any atom is -0.315 e. The van der Waals surface area contributed by atoms with Crippen LogP contribution in [-0.4, -0.2) is 6.61 Å². The summed E-state index contributed by atoms with van der Waals surface area (Å²) in [7, 11) is 0. The van der Waals surface area contributed by atoms with Crippen LogP contribution in [0.5, 0.6) is 0 Å². The third kappa shape index (κ3) is 1.19. The molecule has 0 aromatic carbocycles. The van der Waals surface area contributed by atoms with Crippen molar-refractivity contribution in [1.29, 1.82) is 0 Å². The molecule has 1 saturated heterocycles. The van der Waals surface area contributed by atoms with Crippen LogP contribution in [0.15, 0.2) is 0 Å². The molecule has 0 bridgehead atoms. The van der Waals surface area contributed by atoms with Crippen LogP contribution < -0.4 is 0 Å². The van der Waals surface area contributed by atoms with Gasteiger partial charge in [0.1, 0.15) is 0 Å². The van der Waals surface area contributed by atoms with Crippen molar-refractivity contribution in [3.05, 3.63) is 5.75 Å². The summed E-state index contributed by atoms with van der Waals surface area (Å²) in [6.45, 7) is 0.900. The van der Waals surface area contributed by atoms with Crippen molar-refractivity contribution in [2.45, 2.75) is 12.8 Å². The van der Waals surface area contributed by atoms with Gasteiger partial charge >= 0.3 is 0 Å². The molecule has 0 spiro atoms. The zero-order valence-corrected chi connectivity index (χ0v) is 4.25. The smallest absolute Gasteiger partial charge is 0.0790 e. The van der Waals surface area contributed by atoms with Gasteiger partial charge < -0.3 is 4.18 Å². The number of hydrogen-bond donors (Lipinski definition) is 0. The summed E-state index contributed by atoms with van der Waals surface area (Å²) >= 11 is 1.34. The van der Waals surface area contributed by atoms with Crippen LogP contribution in [-0.2, 0) is 4.18 Å². The Morgan fingerprint density at radius 2 is 2.67 bits per heavy atom. The van der Waals surface area contributed by atoms with E-state index in [0.717, 1.165) is 19.4 Å². The molecule has 1 aliphatic heterocycles. The summed E-state index contributed by atoms with van der Waals surface area (Å²) in [6.07, 6.45) is 2.23. The van der Waals surface area contributed by atoms with Gasteiger partial charge in [-0.05, 0) is 12.8 Å². The van der Waals surface area contributed by atoms with Crippen molar-refractivity contribution >= 4 is 12.0 Å². The van der Waals surface area contributed by atoms with Gasteiger partial charge in [0.2, 0.25) is 0 Å². The maximum atomic E-state index is 4.88. The molecule has 0 aliphatic carbocycles. The average molecular weight is 102 g/mol. The molecule has 34 valence electrons. The van der Waals surface area contributed by atoms with E-state index in [9.17, 15) is 0 Å². The molecule has 2 heteroatoms. The van der Waals surface area contributed by atoms with Crippen LogP contribution in [0.3, 0.4) is 0 Å². The van der Waals surface area contributed by atoms with E-state index in [2.05, 4.69) is 5.75 Å². The maximum Gasteiger partial charge on any atom is 0.0790 e. The first kappa shape index (κ1) is 4.47. The molecule has 0 N–H and O–H groups in total. The van der Waals surface area contributed by atoms with Gasteiger partial charge in [0, 0.05) is 12.0 Å². The van der Waals surface area contributed by atoms with Crippen molar-refractivity contribution in [1.82, 2.24) is 0 Å². The first-order valence-corrected chi connectivity index (χ1v) is 2.75. The zero-order chi connectivity index (χ0) is 4.24. The SMILES string of the molecule is [C]1CCCOS1. The van der Waals surface area contributed by atoms with E-state index < -0.39 is 0 Å². The van der Waals surface area contributed by atoms with Crippen molar-refractivity contribution in [3.8, 4) is 0 Å². The van der Waals surface area contributed by atoms with E-state index in [1.54, 1.807) is 0 Å². The lowest BCUT2D eigenvalue weighted by atomic mass is 10.4. The first-order valence-electron chi connectivity index (χ1n) is 2.01. The number of hydrogen-bond acceptors (Lipinski definition) is 2. The van der Waals surface area contributed by atoms with Crippen molar-refractivity contribution in [2.24, 2.45) is 0 Å². The van der Waals surface area contributed by atoms with Gasteiger partial charge in [0.15, 0.2) is 0 Å². The molecule has 2 radical (unpaired) electrons. The van der Waals surface area contributed by atoms with Crippen molar-refractivity contribution in [2.75, 3.05) is 6.61 Å². The summed E-state index contributed by atoms with van der Waals surface area (Å²) < 4.78 is 4.88. The second-order valence-corrected chi connectivity index (χ2v) is 1.84. The second-order valence-electron chi connectivity index (χ2n) is 1.15. The molecule has 0 aromatic rings.